The number of hydrogen-bond acceptors (Lipinski definition) is 4. The second-order valence-electron chi connectivity index (χ2n) is 7.66. The Labute approximate surface area is 187 Å². The van der Waals surface area contributed by atoms with Crippen molar-refractivity contribution >= 4 is 28.1 Å². The molecule has 4 heteroatoms. The summed E-state index contributed by atoms with van der Waals surface area (Å²) < 4.78 is 0. The Bertz CT molecular complexity index is 1420. The highest BCUT2D eigenvalue weighted by Gasteiger charge is 2.18. The lowest BCUT2D eigenvalue weighted by Gasteiger charge is -2.14. The van der Waals surface area contributed by atoms with E-state index in [2.05, 4.69) is 31.2 Å². The van der Waals surface area contributed by atoms with Crippen LogP contribution in [0, 0.1) is 6.92 Å². The number of benzene rings is 4. The first-order valence-corrected chi connectivity index (χ1v) is 10.5. The summed E-state index contributed by atoms with van der Waals surface area (Å²) in [7, 11) is 0. The molecule has 0 spiro atoms. The summed E-state index contributed by atoms with van der Waals surface area (Å²) in [5.41, 5.74) is 14.6. The van der Waals surface area contributed by atoms with Crippen LogP contribution in [0.5, 0.6) is 0 Å². The summed E-state index contributed by atoms with van der Waals surface area (Å²) in [6.45, 7) is 2.08. The maximum Gasteiger partial charge on any atom is 0.116 e. The zero-order valence-electron chi connectivity index (χ0n) is 17.7. The molecule has 0 radical (unpaired) electrons. The van der Waals surface area contributed by atoms with E-state index in [0.717, 1.165) is 39.3 Å². The maximum absolute atomic E-state index is 6.24. The summed E-state index contributed by atoms with van der Waals surface area (Å²) in [5.74, 6) is 0. The number of aliphatic imine (C=N–C) groups is 1. The van der Waals surface area contributed by atoms with Gasteiger partial charge >= 0.3 is 0 Å². The SMILES string of the molecule is Cc1ccc(-c2nc3ccccc3nc2C(=Nc2ccccc2N)c2ccccc2)cc1. The van der Waals surface area contributed by atoms with Gasteiger partial charge in [-0.2, -0.15) is 0 Å². The number of nitrogens with zero attached hydrogens (tertiary/aromatic N) is 3. The molecule has 4 nitrogen and oxygen atoms in total. The van der Waals surface area contributed by atoms with Gasteiger partial charge in [0.25, 0.3) is 0 Å². The summed E-state index contributed by atoms with van der Waals surface area (Å²) in [5, 5.41) is 0. The van der Waals surface area contributed by atoms with E-state index in [-0.39, 0.29) is 0 Å². The number of rotatable bonds is 4. The first kappa shape index (κ1) is 19.6. The standard InChI is InChI=1S/C28H22N4/c1-19-15-17-21(18-16-19)27-28(32-25-14-8-7-13-24(25)31-27)26(20-9-3-2-4-10-20)30-23-12-6-5-11-22(23)29/h2-18H,29H2,1H3. The summed E-state index contributed by atoms with van der Waals surface area (Å²) in [6.07, 6.45) is 0. The molecule has 2 N–H and O–H groups in total. The molecule has 0 aliphatic carbocycles. The number of fused-ring (bicyclic) bond motifs is 1. The van der Waals surface area contributed by atoms with Gasteiger partial charge in [0, 0.05) is 11.1 Å². The molecule has 32 heavy (non-hydrogen) atoms. The lowest BCUT2D eigenvalue weighted by molar-refractivity contribution is 1.25. The molecule has 4 aromatic carbocycles. The van der Waals surface area contributed by atoms with Gasteiger partial charge in [-0.1, -0.05) is 84.4 Å². The molecule has 0 atom stereocenters. The highest BCUT2D eigenvalue weighted by atomic mass is 14.9. The lowest BCUT2D eigenvalue weighted by atomic mass is 10.00. The van der Waals surface area contributed by atoms with Crippen molar-refractivity contribution in [2.24, 2.45) is 4.99 Å². The highest BCUT2D eigenvalue weighted by molar-refractivity contribution is 6.16. The molecule has 0 aliphatic rings. The van der Waals surface area contributed by atoms with Gasteiger partial charge < -0.3 is 5.73 Å². The number of hydrogen-bond donors (Lipinski definition) is 1. The van der Waals surface area contributed by atoms with E-state index < -0.39 is 0 Å². The van der Waals surface area contributed by atoms with Gasteiger partial charge in [-0.25, -0.2) is 15.0 Å². The van der Waals surface area contributed by atoms with E-state index in [0.29, 0.717) is 11.4 Å². The van der Waals surface area contributed by atoms with Gasteiger partial charge in [0.15, 0.2) is 0 Å². The van der Waals surface area contributed by atoms with Crippen LogP contribution < -0.4 is 5.73 Å². The molecule has 1 aromatic heterocycles. The minimum absolute atomic E-state index is 0.617. The zero-order chi connectivity index (χ0) is 21.9. The van der Waals surface area contributed by atoms with Crippen molar-refractivity contribution in [1.82, 2.24) is 9.97 Å². The van der Waals surface area contributed by atoms with Crippen molar-refractivity contribution in [1.29, 1.82) is 0 Å². The second kappa shape index (κ2) is 8.44. The van der Waals surface area contributed by atoms with Gasteiger partial charge in [-0.15, -0.1) is 0 Å². The van der Waals surface area contributed by atoms with Crippen molar-refractivity contribution in [2.75, 3.05) is 5.73 Å². The molecule has 0 saturated carbocycles. The average Bonchev–Trinajstić information content (AvgIpc) is 2.84. The van der Waals surface area contributed by atoms with E-state index >= 15 is 0 Å². The van der Waals surface area contributed by atoms with Crippen LogP contribution in [0.1, 0.15) is 16.8 Å². The molecule has 5 aromatic rings. The lowest BCUT2D eigenvalue weighted by Crippen LogP contribution is -2.10. The summed E-state index contributed by atoms with van der Waals surface area (Å²) in [4.78, 5) is 15.1. The largest absolute Gasteiger partial charge is 0.397 e. The van der Waals surface area contributed by atoms with E-state index in [1.54, 1.807) is 0 Å². The minimum atomic E-state index is 0.617. The molecule has 0 aliphatic heterocycles. The van der Waals surface area contributed by atoms with Crippen molar-refractivity contribution < 1.29 is 0 Å². The monoisotopic (exact) mass is 414 g/mol. The Morgan fingerprint density at radius 3 is 2.03 bits per heavy atom. The Balaban J connectivity index is 1.83. The fourth-order valence-electron chi connectivity index (χ4n) is 3.64. The van der Waals surface area contributed by atoms with Crippen molar-refractivity contribution in [3.8, 4) is 11.3 Å². The molecule has 1 heterocycles. The Kier molecular flexibility index (Phi) is 5.18. The molecule has 0 saturated heterocycles. The smallest absolute Gasteiger partial charge is 0.116 e. The van der Waals surface area contributed by atoms with Crippen LogP contribution in [-0.4, -0.2) is 15.7 Å². The molecule has 0 bridgehead atoms. The van der Waals surface area contributed by atoms with Crippen molar-refractivity contribution in [3.05, 3.63) is 120 Å². The predicted molar refractivity (Wildman–Crippen MR) is 132 cm³/mol. The quantitative estimate of drug-likeness (QED) is 0.275. The summed E-state index contributed by atoms with van der Waals surface area (Å²) >= 11 is 0. The van der Waals surface area contributed by atoms with Gasteiger partial charge in [-0.3, -0.25) is 0 Å². The maximum atomic E-state index is 6.24. The van der Waals surface area contributed by atoms with Crippen LogP contribution in [0.15, 0.2) is 108 Å². The number of nitrogens with two attached hydrogens (primary N) is 1. The van der Waals surface area contributed by atoms with E-state index in [1.807, 2.05) is 78.9 Å². The Morgan fingerprint density at radius 2 is 1.31 bits per heavy atom. The first-order valence-electron chi connectivity index (χ1n) is 10.5. The third-order valence-electron chi connectivity index (χ3n) is 5.34. The number of anilines is 1. The predicted octanol–water partition coefficient (Wildman–Crippen LogP) is 6.36. The van der Waals surface area contributed by atoms with Crippen LogP contribution >= 0.6 is 0 Å². The minimum Gasteiger partial charge on any atom is -0.397 e. The normalized spacial score (nSPS) is 11.6. The van der Waals surface area contributed by atoms with Crippen molar-refractivity contribution in [2.45, 2.75) is 6.92 Å². The molecule has 0 amide bonds. The van der Waals surface area contributed by atoms with Crippen LogP contribution in [0.25, 0.3) is 22.3 Å². The molecule has 0 unspecified atom stereocenters. The summed E-state index contributed by atoms with van der Waals surface area (Å²) in [6, 6.07) is 33.9. The van der Waals surface area contributed by atoms with Gasteiger partial charge in [0.1, 0.15) is 5.69 Å². The third-order valence-corrected chi connectivity index (χ3v) is 5.34. The number of nitrogen functional groups attached to an aromatic ring is 1. The van der Waals surface area contributed by atoms with Crippen LogP contribution in [-0.2, 0) is 0 Å². The third kappa shape index (κ3) is 3.86. The van der Waals surface area contributed by atoms with Gasteiger partial charge in [0.05, 0.1) is 33.8 Å². The topological polar surface area (TPSA) is 64.2 Å². The number of aryl methyl sites for hydroxylation is 1. The number of para-hydroxylation sites is 4. The zero-order valence-corrected chi connectivity index (χ0v) is 17.7. The van der Waals surface area contributed by atoms with Gasteiger partial charge in [0.2, 0.25) is 0 Å². The Morgan fingerprint density at radius 1 is 0.688 bits per heavy atom. The van der Waals surface area contributed by atoms with Gasteiger partial charge in [-0.05, 0) is 31.2 Å². The average molecular weight is 415 g/mol. The van der Waals surface area contributed by atoms with Crippen LogP contribution in [0.4, 0.5) is 11.4 Å². The van der Waals surface area contributed by atoms with E-state index in [4.69, 9.17) is 20.7 Å². The van der Waals surface area contributed by atoms with E-state index in [9.17, 15) is 0 Å². The van der Waals surface area contributed by atoms with E-state index in [1.165, 1.54) is 5.56 Å². The molecular weight excluding hydrogens is 392 g/mol. The van der Waals surface area contributed by atoms with Crippen LogP contribution in [0.3, 0.4) is 0 Å². The molecular formula is C28H22N4. The highest BCUT2D eigenvalue weighted by Crippen LogP contribution is 2.29. The molecule has 154 valence electrons. The van der Waals surface area contributed by atoms with Crippen LogP contribution in [0.2, 0.25) is 0 Å². The second-order valence-corrected chi connectivity index (χ2v) is 7.66. The first-order chi connectivity index (χ1) is 15.7. The molecule has 5 rings (SSSR count). The number of aromatic nitrogens is 2. The Hall–Kier alpha value is -4.31. The fourth-order valence-corrected chi connectivity index (χ4v) is 3.64. The van der Waals surface area contributed by atoms with Crippen molar-refractivity contribution in [3.63, 3.8) is 0 Å². The fraction of sp³-hybridized carbons (Fsp3) is 0.0357. The molecule has 0 fully saturated rings.